The van der Waals surface area contributed by atoms with Gasteiger partial charge in [-0.1, -0.05) is 31.4 Å². The van der Waals surface area contributed by atoms with Gasteiger partial charge in [-0.05, 0) is 49.8 Å². The molecule has 2 fully saturated rings. The Morgan fingerprint density at radius 2 is 1.79 bits per heavy atom. The average molecular weight is 387 g/mol. The predicted molar refractivity (Wildman–Crippen MR) is 110 cm³/mol. The molecule has 0 bridgehead atoms. The zero-order valence-electron chi connectivity index (χ0n) is 17.3. The van der Waals surface area contributed by atoms with Crippen LogP contribution in [0.3, 0.4) is 0 Å². The third-order valence-electron chi connectivity index (χ3n) is 6.07. The number of amides is 2. The van der Waals surface area contributed by atoms with E-state index < -0.39 is 0 Å². The van der Waals surface area contributed by atoms with Crippen LogP contribution >= 0.6 is 0 Å². The molecule has 5 nitrogen and oxygen atoms in total. The zero-order valence-corrected chi connectivity index (χ0v) is 17.3. The molecule has 0 spiro atoms. The van der Waals surface area contributed by atoms with E-state index in [-0.39, 0.29) is 24.5 Å². The van der Waals surface area contributed by atoms with Gasteiger partial charge in [0.05, 0.1) is 6.54 Å². The Morgan fingerprint density at radius 3 is 2.50 bits per heavy atom. The summed E-state index contributed by atoms with van der Waals surface area (Å²) in [6.45, 7) is 5.62. The maximum absolute atomic E-state index is 12.4. The molecule has 2 amide bonds. The first-order chi connectivity index (χ1) is 13.5. The maximum atomic E-state index is 12.4. The predicted octanol–water partition coefficient (Wildman–Crippen LogP) is 3.76. The molecule has 1 heterocycles. The molecule has 1 aliphatic carbocycles. The molecule has 28 heavy (non-hydrogen) atoms. The van der Waals surface area contributed by atoms with E-state index in [0.29, 0.717) is 25.4 Å². The van der Waals surface area contributed by atoms with Crippen molar-refractivity contribution in [1.82, 2.24) is 10.2 Å². The fraction of sp³-hybridized carbons (Fsp3) is 0.652. The van der Waals surface area contributed by atoms with Gasteiger partial charge in [0.25, 0.3) is 0 Å². The van der Waals surface area contributed by atoms with Gasteiger partial charge in [-0.15, -0.1) is 0 Å². The van der Waals surface area contributed by atoms with E-state index in [4.69, 9.17) is 4.74 Å². The van der Waals surface area contributed by atoms with Crippen LogP contribution in [-0.2, 0) is 9.59 Å². The average Bonchev–Trinajstić information content (AvgIpc) is 2.70. The highest BCUT2D eigenvalue weighted by Crippen LogP contribution is 2.26. The van der Waals surface area contributed by atoms with Crippen molar-refractivity contribution < 1.29 is 14.3 Å². The van der Waals surface area contributed by atoms with Crippen molar-refractivity contribution in [3.8, 4) is 5.75 Å². The Bertz CT molecular complexity index is 674. The van der Waals surface area contributed by atoms with Gasteiger partial charge in [0.15, 0.2) is 0 Å². The molecule has 1 saturated carbocycles. The van der Waals surface area contributed by atoms with Crippen LogP contribution in [0.15, 0.2) is 18.2 Å². The second-order valence-electron chi connectivity index (χ2n) is 8.45. The highest BCUT2D eigenvalue weighted by Gasteiger charge is 2.25. The minimum Gasteiger partial charge on any atom is -0.490 e. The smallest absolute Gasteiger partial charge is 0.241 e. The molecule has 1 aliphatic heterocycles. The molecule has 154 valence electrons. The molecule has 5 heteroatoms. The molecule has 1 saturated heterocycles. The van der Waals surface area contributed by atoms with E-state index >= 15 is 0 Å². The van der Waals surface area contributed by atoms with Gasteiger partial charge in [0.1, 0.15) is 11.9 Å². The SMILES string of the molecule is Cc1ccc(C)c(OC2CCN(C(=O)CNC(=O)CC3CCCCC3)CC2)c1. The lowest BCUT2D eigenvalue weighted by molar-refractivity contribution is -0.134. The van der Waals surface area contributed by atoms with Crippen molar-refractivity contribution in [1.29, 1.82) is 0 Å². The summed E-state index contributed by atoms with van der Waals surface area (Å²) in [5.41, 5.74) is 2.34. The topological polar surface area (TPSA) is 58.6 Å². The highest BCUT2D eigenvalue weighted by molar-refractivity contribution is 5.84. The third kappa shape index (κ3) is 5.98. The van der Waals surface area contributed by atoms with Crippen molar-refractivity contribution in [2.45, 2.75) is 71.3 Å². The lowest BCUT2D eigenvalue weighted by Gasteiger charge is -2.32. The highest BCUT2D eigenvalue weighted by atomic mass is 16.5. The molecule has 2 aliphatic rings. The first-order valence-electron chi connectivity index (χ1n) is 10.8. The minimum atomic E-state index is 0.0159. The number of benzene rings is 1. The van der Waals surface area contributed by atoms with E-state index in [0.717, 1.165) is 37.0 Å². The maximum Gasteiger partial charge on any atom is 0.241 e. The standard InChI is InChI=1S/C23H34N2O3/c1-17-8-9-18(2)21(14-17)28-20-10-12-25(13-11-20)23(27)16-24-22(26)15-19-6-4-3-5-7-19/h8-9,14,19-20H,3-7,10-13,15-16H2,1-2H3,(H,24,26). The molecule has 1 N–H and O–H groups in total. The number of carbonyl (C=O) groups is 2. The van der Waals surface area contributed by atoms with E-state index in [1.807, 2.05) is 4.90 Å². The third-order valence-corrected chi connectivity index (χ3v) is 6.07. The van der Waals surface area contributed by atoms with Crippen molar-refractivity contribution in [2.75, 3.05) is 19.6 Å². The van der Waals surface area contributed by atoms with Gasteiger partial charge < -0.3 is 15.0 Å². The quantitative estimate of drug-likeness (QED) is 0.810. The number of piperidine rings is 1. The molecular formula is C23H34N2O3. The van der Waals surface area contributed by atoms with E-state index in [9.17, 15) is 9.59 Å². The van der Waals surface area contributed by atoms with Crippen molar-refractivity contribution in [3.63, 3.8) is 0 Å². The van der Waals surface area contributed by atoms with Gasteiger partial charge in [-0.3, -0.25) is 9.59 Å². The fourth-order valence-electron chi connectivity index (χ4n) is 4.25. The summed E-state index contributed by atoms with van der Waals surface area (Å²) in [4.78, 5) is 26.4. The normalized spacial score (nSPS) is 18.7. The van der Waals surface area contributed by atoms with Crippen LogP contribution in [0, 0.1) is 19.8 Å². The van der Waals surface area contributed by atoms with Crippen LogP contribution in [0.4, 0.5) is 0 Å². The molecule has 0 atom stereocenters. The number of nitrogens with zero attached hydrogens (tertiary/aromatic N) is 1. The number of rotatable bonds is 6. The Labute approximate surface area is 168 Å². The first kappa shape index (κ1) is 20.7. The van der Waals surface area contributed by atoms with Crippen LogP contribution in [-0.4, -0.2) is 42.5 Å². The first-order valence-corrected chi connectivity index (χ1v) is 10.8. The van der Waals surface area contributed by atoms with Crippen molar-refractivity contribution in [2.24, 2.45) is 5.92 Å². The van der Waals surface area contributed by atoms with Crippen LogP contribution < -0.4 is 10.1 Å². The van der Waals surface area contributed by atoms with Crippen molar-refractivity contribution >= 4 is 11.8 Å². The largest absolute Gasteiger partial charge is 0.490 e. The van der Waals surface area contributed by atoms with E-state index in [2.05, 4.69) is 37.4 Å². The summed E-state index contributed by atoms with van der Waals surface area (Å²) in [6, 6.07) is 6.25. The molecule has 0 radical (unpaired) electrons. The number of ether oxygens (including phenoxy) is 1. The Kier molecular flexibility index (Phi) is 7.35. The Morgan fingerprint density at radius 1 is 1.07 bits per heavy atom. The summed E-state index contributed by atoms with van der Waals surface area (Å²) in [7, 11) is 0. The lowest BCUT2D eigenvalue weighted by atomic mass is 9.87. The fourth-order valence-corrected chi connectivity index (χ4v) is 4.25. The monoisotopic (exact) mass is 386 g/mol. The Hall–Kier alpha value is -2.04. The van der Waals surface area contributed by atoms with E-state index in [1.54, 1.807) is 0 Å². The van der Waals surface area contributed by atoms with Crippen LogP contribution in [0.1, 0.15) is 62.5 Å². The second kappa shape index (κ2) is 9.94. The van der Waals surface area contributed by atoms with Gasteiger partial charge in [0, 0.05) is 32.4 Å². The number of nitrogens with one attached hydrogen (secondary N) is 1. The number of hydrogen-bond donors (Lipinski definition) is 1. The van der Waals surface area contributed by atoms with Crippen LogP contribution in [0.5, 0.6) is 5.75 Å². The molecule has 1 aromatic rings. The Balaban J connectivity index is 1.37. The summed E-state index contributed by atoms with van der Waals surface area (Å²) >= 11 is 0. The molecular weight excluding hydrogens is 352 g/mol. The summed E-state index contributed by atoms with van der Waals surface area (Å²) < 4.78 is 6.17. The van der Waals surface area contributed by atoms with Crippen LogP contribution in [0.25, 0.3) is 0 Å². The van der Waals surface area contributed by atoms with E-state index in [1.165, 1.54) is 24.8 Å². The minimum absolute atomic E-state index is 0.0159. The number of likely N-dealkylation sites (tertiary alicyclic amines) is 1. The zero-order chi connectivity index (χ0) is 19.9. The van der Waals surface area contributed by atoms with Crippen LogP contribution in [0.2, 0.25) is 0 Å². The molecule has 0 unspecified atom stereocenters. The number of hydrogen-bond acceptors (Lipinski definition) is 3. The number of aryl methyl sites for hydroxylation is 2. The van der Waals surface area contributed by atoms with Gasteiger partial charge in [0.2, 0.25) is 11.8 Å². The second-order valence-corrected chi connectivity index (χ2v) is 8.45. The summed E-state index contributed by atoms with van der Waals surface area (Å²) in [6.07, 6.45) is 8.42. The van der Waals surface area contributed by atoms with Gasteiger partial charge in [-0.25, -0.2) is 0 Å². The summed E-state index contributed by atoms with van der Waals surface area (Å²) in [5.74, 6) is 1.48. The lowest BCUT2D eigenvalue weighted by Crippen LogP contribution is -2.46. The molecule has 0 aromatic heterocycles. The molecule has 3 rings (SSSR count). The van der Waals surface area contributed by atoms with Gasteiger partial charge in [-0.2, -0.15) is 0 Å². The van der Waals surface area contributed by atoms with Gasteiger partial charge >= 0.3 is 0 Å². The van der Waals surface area contributed by atoms with Crippen molar-refractivity contribution in [3.05, 3.63) is 29.3 Å². The number of carbonyl (C=O) groups excluding carboxylic acids is 2. The molecule has 1 aromatic carbocycles. The summed E-state index contributed by atoms with van der Waals surface area (Å²) in [5, 5.41) is 2.83.